The van der Waals surface area contributed by atoms with Gasteiger partial charge in [0.2, 0.25) is 5.13 Å². The number of aromatic nitrogens is 1. The Labute approximate surface area is 123 Å². The van der Waals surface area contributed by atoms with Crippen LogP contribution in [0.25, 0.3) is 0 Å². The first kappa shape index (κ1) is 14.5. The van der Waals surface area contributed by atoms with E-state index in [-0.39, 0.29) is 0 Å². The van der Waals surface area contributed by atoms with Gasteiger partial charge in [-0.3, -0.25) is 5.43 Å². The van der Waals surface area contributed by atoms with Crippen molar-refractivity contribution in [3.63, 3.8) is 0 Å². The summed E-state index contributed by atoms with van der Waals surface area (Å²) < 4.78 is 0. The van der Waals surface area contributed by atoms with Gasteiger partial charge in [-0.25, -0.2) is 4.98 Å². The van der Waals surface area contributed by atoms with Gasteiger partial charge in [-0.2, -0.15) is 5.10 Å². The van der Waals surface area contributed by atoms with E-state index in [2.05, 4.69) is 46.7 Å². The van der Waals surface area contributed by atoms with Crippen LogP contribution in [0.1, 0.15) is 37.3 Å². The average Bonchev–Trinajstić information content (AvgIpc) is 2.87. The summed E-state index contributed by atoms with van der Waals surface area (Å²) >= 11 is 1.44. The third-order valence-corrected chi connectivity index (χ3v) is 3.71. The lowest BCUT2D eigenvalue weighted by molar-refractivity contribution is 0.717. The molecule has 0 unspecified atom stereocenters. The normalized spacial score (nSPS) is 11.1. The molecule has 0 bridgehead atoms. The average molecular weight is 288 g/mol. The molecule has 0 atom stereocenters. The molecule has 0 fully saturated rings. The number of nitrogens with one attached hydrogen (secondary N) is 1. The summed E-state index contributed by atoms with van der Waals surface area (Å²) in [5.74, 6) is 0.518. The molecule has 0 amide bonds. The van der Waals surface area contributed by atoms with Crippen molar-refractivity contribution in [3.8, 4) is 0 Å². The maximum absolute atomic E-state index is 5.54. The fourth-order valence-electron chi connectivity index (χ4n) is 1.85. The van der Waals surface area contributed by atoms with Gasteiger partial charge in [0, 0.05) is 5.38 Å². The van der Waals surface area contributed by atoms with Gasteiger partial charge in [-0.1, -0.05) is 44.0 Å². The first-order valence-corrected chi connectivity index (χ1v) is 7.75. The Morgan fingerprint density at radius 2 is 2.10 bits per heavy atom. The number of nitrogens with zero attached hydrogens (tertiary/aromatic N) is 2. The largest absolute Gasteiger partial charge is 0.383 e. The third kappa shape index (κ3) is 4.66. The Balaban J connectivity index is 1.83. The molecule has 4 nitrogen and oxygen atoms in total. The number of rotatable bonds is 7. The van der Waals surface area contributed by atoms with Gasteiger partial charge < -0.3 is 5.73 Å². The van der Waals surface area contributed by atoms with Crippen LogP contribution in [0.15, 0.2) is 34.7 Å². The Morgan fingerprint density at radius 1 is 1.30 bits per heavy atom. The second kappa shape index (κ2) is 7.65. The molecule has 20 heavy (non-hydrogen) atoms. The summed E-state index contributed by atoms with van der Waals surface area (Å²) in [7, 11) is 0. The molecule has 106 valence electrons. The molecule has 0 spiro atoms. The van der Waals surface area contributed by atoms with Crippen molar-refractivity contribution >= 4 is 28.5 Å². The number of benzene rings is 1. The van der Waals surface area contributed by atoms with Crippen molar-refractivity contribution in [1.82, 2.24) is 4.98 Å². The van der Waals surface area contributed by atoms with E-state index in [1.807, 2.05) is 0 Å². The number of nitrogens with two attached hydrogens (primary N) is 1. The molecular weight excluding hydrogens is 268 g/mol. The molecule has 0 saturated heterocycles. The van der Waals surface area contributed by atoms with Crippen LogP contribution in [-0.4, -0.2) is 11.2 Å². The summed E-state index contributed by atoms with van der Waals surface area (Å²) in [6.07, 6.45) is 6.76. The van der Waals surface area contributed by atoms with Crippen LogP contribution in [0, 0.1) is 0 Å². The fraction of sp³-hybridized carbons (Fsp3) is 0.333. The number of aryl methyl sites for hydroxylation is 1. The van der Waals surface area contributed by atoms with Gasteiger partial charge in [-0.15, -0.1) is 11.3 Å². The van der Waals surface area contributed by atoms with Crippen molar-refractivity contribution < 1.29 is 0 Å². The van der Waals surface area contributed by atoms with Gasteiger partial charge in [-0.05, 0) is 24.0 Å². The standard InChI is InChI=1S/C15H20N4S/c1-2-3-4-5-12-6-8-13(9-7-12)10-17-19-15-18-14(16)11-20-15/h6-11H,2-5,16H2,1H3,(H,18,19). The molecule has 1 aromatic heterocycles. The van der Waals surface area contributed by atoms with Gasteiger partial charge in [0.1, 0.15) is 5.82 Å². The van der Waals surface area contributed by atoms with Crippen LogP contribution >= 0.6 is 11.3 Å². The van der Waals surface area contributed by atoms with Crippen molar-refractivity contribution in [2.24, 2.45) is 5.10 Å². The van der Waals surface area contributed by atoms with Crippen LogP contribution in [0.4, 0.5) is 10.9 Å². The second-order valence-corrected chi connectivity index (χ2v) is 5.50. The zero-order valence-corrected chi connectivity index (χ0v) is 12.5. The number of thiazole rings is 1. The van der Waals surface area contributed by atoms with Gasteiger partial charge >= 0.3 is 0 Å². The van der Waals surface area contributed by atoms with Crippen LogP contribution < -0.4 is 11.2 Å². The minimum absolute atomic E-state index is 0.518. The first-order chi connectivity index (χ1) is 9.78. The fourth-order valence-corrected chi connectivity index (χ4v) is 2.40. The van der Waals surface area contributed by atoms with Gasteiger partial charge in [0.05, 0.1) is 6.21 Å². The first-order valence-electron chi connectivity index (χ1n) is 6.87. The van der Waals surface area contributed by atoms with E-state index in [9.17, 15) is 0 Å². The minimum Gasteiger partial charge on any atom is -0.383 e. The molecule has 0 aliphatic heterocycles. The molecule has 0 radical (unpaired) electrons. The van der Waals surface area contributed by atoms with E-state index >= 15 is 0 Å². The summed E-state index contributed by atoms with van der Waals surface area (Å²) in [4.78, 5) is 4.07. The predicted octanol–water partition coefficient (Wildman–Crippen LogP) is 3.90. The molecular formula is C15H20N4S. The third-order valence-electron chi connectivity index (χ3n) is 2.94. The number of anilines is 2. The number of hydrogen-bond donors (Lipinski definition) is 2. The molecule has 2 rings (SSSR count). The Bertz CT molecular complexity index is 545. The quantitative estimate of drug-likeness (QED) is 0.461. The highest BCUT2D eigenvalue weighted by atomic mass is 32.1. The molecule has 0 aliphatic rings. The lowest BCUT2D eigenvalue weighted by atomic mass is 10.1. The van der Waals surface area contributed by atoms with Crippen molar-refractivity contribution in [2.45, 2.75) is 32.6 Å². The zero-order valence-electron chi connectivity index (χ0n) is 11.7. The summed E-state index contributed by atoms with van der Waals surface area (Å²) in [6, 6.07) is 8.50. The maximum atomic E-state index is 5.54. The van der Waals surface area contributed by atoms with Crippen molar-refractivity contribution in [2.75, 3.05) is 11.2 Å². The van der Waals surface area contributed by atoms with E-state index in [0.717, 1.165) is 12.0 Å². The van der Waals surface area contributed by atoms with E-state index < -0.39 is 0 Å². The Hall–Kier alpha value is -1.88. The van der Waals surface area contributed by atoms with Crippen LogP contribution in [0.5, 0.6) is 0 Å². The van der Waals surface area contributed by atoms with Crippen LogP contribution in [0.3, 0.4) is 0 Å². The zero-order chi connectivity index (χ0) is 14.2. The van der Waals surface area contributed by atoms with E-state index in [4.69, 9.17) is 5.73 Å². The number of nitrogen functional groups attached to an aromatic ring is 1. The molecule has 0 aliphatic carbocycles. The SMILES string of the molecule is CCCCCc1ccc(C=NNc2nc(N)cs2)cc1. The van der Waals surface area contributed by atoms with Crippen molar-refractivity contribution in [3.05, 3.63) is 40.8 Å². The van der Waals surface area contributed by atoms with E-state index in [1.165, 1.54) is 36.2 Å². The smallest absolute Gasteiger partial charge is 0.205 e. The lowest BCUT2D eigenvalue weighted by Gasteiger charge is -2.01. The summed E-state index contributed by atoms with van der Waals surface area (Å²) in [6.45, 7) is 2.22. The molecule has 3 N–H and O–H groups in total. The van der Waals surface area contributed by atoms with E-state index in [0.29, 0.717) is 10.9 Å². The minimum atomic E-state index is 0.518. The highest BCUT2D eigenvalue weighted by Gasteiger charge is 1.96. The Morgan fingerprint density at radius 3 is 2.75 bits per heavy atom. The highest BCUT2D eigenvalue weighted by molar-refractivity contribution is 7.14. The predicted molar refractivity (Wildman–Crippen MR) is 87.4 cm³/mol. The lowest BCUT2D eigenvalue weighted by Crippen LogP contribution is -1.92. The molecule has 1 heterocycles. The monoisotopic (exact) mass is 288 g/mol. The Kier molecular flexibility index (Phi) is 5.55. The van der Waals surface area contributed by atoms with Crippen LogP contribution in [0.2, 0.25) is 0 Å². The van der Waals surface area contributed by atoms with E-state index in [1.54, 1.807) is 11.6 Å². The number of hydrazone groups is 1. The highest BCUT2D eigenvalue weighted by Crippen LogP contribution is 2.16. The molecule has 2 aromatic rings. The molecule has 1 aromatic carbocycles. The van der Waals surface area contributed by atoms with Gasteiger partial charge in [0.25, 0.3) is 0 Å². The number of hydrogen-bond acceptors (Lipinski definition) is 5. The second-order valence-electron chi connectivity index (χ2n) is 4.65. The molecule has 0 saturated carbocycles. The maximum Gasteiger partial charge on any atom is 0.205 e. The van der Waals surface area contributed by atoms with Gasteiger partial charge in [0.15, 0.2) is 0 Å². The summed E-state index contributed by atoms with van der Waals surface area (Å²) in [5, 5.41) is 6.63. The summed E-state index contributed by atoms with van der Waals surface area (Å²) in [5.41, 5.74) is 10.9. The molecule has 5 heteroatoms. The van der Waals surface area contributed by atoms with Crippen molar-refractivity contribution in [1.29, 1.82) is 0 Å². The topological polar surface area (TPSA) is 63.3 Å². The van der Waals surface area contributed by atoms with Crippen LogP contribution in [-0.2, 0) is 6.42 Å². The number of unbranched alkanes of at least 4 members (excludes halogenated alkanes) is 2.